The second-order valence-corrected chi connectivity index (χ2v) is 10.3. The molecule has 9 heteroatoms. The second-order valence-electron chi connectivity index (χ2n) is 10.3. The molecule has 0 unspecified atom stereocenters. The van der Waals surface area contributed by atoms with E-state index in [2.05, 4.69) is 56.6 Å². The van der Waals surface area contributed by atoms with Gasteiger partial charge in [0.25, 0.3) is 5.56 Å². The average molecular weight is 525 g/mol. The van der Waals surface area contributed by atoms with Gasteiger partial charge in [-0.3, -0.25) is 9.69 Å². The zero-order valence-electron chi connectivity index (χ0n) is 22.2. The highest BCUT2D eigenvalue weighted by Crippen LogP contribution is 2.31. The average Bonchev–Trinajstić information content (AvgIpc) is 3.71. The summed E-state index contributed by atoms with van der Waals surface area (Å²) in [7, 11) is 0. The van der Waals surface area contributed by atoms with Crippen LogP contribution in [-0.4, -0.2) is 42.8 Å². The van der Waals surface area contributed by atoms with Gasteiger partial charge >= 0.3 is 0 Å². The predicted octanol–water partition coefficient (Wildman–Crippen LogP) is 4.70. The quantitative estimate of drug-likeness (QED) is 0.298. The number of aromatic amines is 1. The van der Waals surface area contributed by atoms with Crippen molar-refractivity contribution < 1.29 is 9.15 Å². The first-order valence-corrected chi connectivity index (χ1v) is 13.4. The minimum Gasteiger partial charge on any atom is -0.468 e. The number of aromatic nitrogens is 5. The Morgan fingerprint density at radius 3 is 2.74 bits per heavy atom. The fourth-order valence-corrected chi connectivity index (χ4v) is 5.58. The topological polar surface area (TPSA) is 102 Å². The van der Waals surface area contributed by atoms with Crippen LogP contribution in [0.1, 0.15) is 52.7 Å². The van der Waals surface area contributed by atoms with Crippen molar-refractivity contribution in [1.29, 1.82) is 0 Å². The van der Waals surface area contributed by atoms with Crippen LogP contribution >= 0.6 is 0 Å². The molecule has 1 saturated heterocycles. The molecule has 0 saturated carbocycles. The number of rotatable bonds is 9. The Bertz CT molecular complexity index is 1600. The van der Waals surface area contributed by atoms with Crippen LogP contribution in [0.5, 0.6) is 0 Å². The van der Waals surface area contributed by atoms with E-state index >= 15 is 0 Å². The van der Waals surface area contributed by atoms with Crippen molar-refractivity contribution in [2.75, 3.05) is 6.61 Å². The lowest BCUT2D eigenvalue weighted by molar-refractivity contribution is 0.0901. The van der Waals surface area contributed by atoms with Crippen molar-refractivity contribution in [1.82, 2.24) is 30.1 Å². The molecule has 0 amide bonds. The van der Waals surface area contributed by atoms with E-state index < -0.39 is 6.04 Å². The summed E-state index contributed by atoms with van der Waals surface area (Å²) in [4.78, 5) is 19.2. The van der Waals surface area contributed by atoms with Crippen molar-refractivity contribution in [3.8, 4) is 0 Å². The van der Waals surface area contributed by atoms with Gasteiger partial charge in [-0.2, -0.15) is 0 Å². The molecule has 2 aromatic carbocycles. The van der Waals surface area contributed by atoms with Gasteiger partial charge in [-0.25, -0.2) is 4.68 Å². The van der Waals surface area contributed by atoms with Gasteiger partial charge in [0.05, 0.1) is 31.0 Å². The van der Waals surface area contributed by atoms with Crippen LogP contribution in [0, 0.1) is 13.8 Å². The molecule has 39 heavy (non-hydrogen) atoms. The Labute approximate surface area is 226 Å². The van der Waals surface area contributed by atoms with Crippen molar-refractivity contribution in [3.05, 3.63) is 111 Å². The van der Waals surface area contributed by atoms with Crippen LogP contribution < -0.4 is 5.56 Å². The summed E-state index contributed by atoms with van der Waals surface area (Å²) in [5.74, 6) is 1.39. The van der Waals surface area contributed by atoms with Crippen LogP contribution in [0.2, 0.25) is 0 Å². The monoisotopic (exact) mass is 524 g/mol. The van der Waals surface area contributed by atoms with E-state index in [-0.39, 0.29) is 11.7 Å². The maximum atomic E-state index is 13.8. The molecular formula is C30H32N6O3. The third-order valence-electron chi connectivity index (χ3n) is 7.35. The van der Waals surface area contributed by atoms with Crippen LogP contribution in [0.25, 0.3) is 10.9 Å². The van der Waals surface area contributed by atoms with Gasteiger partial charge in [0, 0.05) is 18.7 Å². The third-order valence-corrected chi connectivity index (χ3v) is 7.35. The highest BCUT2D eigenvalue weighted by atomic mass is 16.5. The van der Waals surface area contributed by atoms with Crippen LogP contribution in [0.3, 0.4) is 0 Å². The molecule has 1 N–H and O–H groups in total. The standard InChI is InChI=1S/C30H32N6O3/c1-20-14-21(2)27-23(15-20)16-26(30(37)31-27)28(29-32-33-34-36(29)19-25-11-7-13-39-25)35(18-24-10-6-12-38-24)17-22-8-4-3-5-9-22/h3-6,8-10,12,14-16,25,28H,7,11,13,17-19H2,1-2H3,(H,31,37)/t25-,28+/m0/s1. The summed E-state index contributed by atoms with van der Waals surface area (Å²) in [6.07, 6.45) is 3.69. The molecule has 4 heterocycles. The smallest absolute Gasteiger partial charge is 0.253 e. The summed E-state index contributed by atoms with van der Waals surface area (Å²) in [6.45, 7) is 6.38. The zero-order chi connectivity index (χ0) is 26.8. The lowest BCUT2D eigenvalue weighted by atomic mass is 10.00. The molecular weight excluding hydrogens is 492 g/mol. The Hall–Kier alpha value is -4.08. The Morgan fingerprint density at radius 1 is 1.10 bits per heavy atom. The zero-order valence-corrected chi connectivity index (χ0v) is 22.2. The SMILES string of the molecule is Cc1cc(C)c2[nH]c(=O)c([C@H](c3nnnn3C[C@@H]3CCCO3)N(Cc3ccccc3)Cc3ccco3)cc2c1. The van der Waals surface area contributed by atoms with Crippen molar-refractivity contribution in [2.45, 2.75) is 58.5 Å². The largest absolute Gasteiger partial charge is 0.468 e. The number of aryl methyl sites for hydroxylation is 2. The number of ether oxygens (including phenoxy) is 1. The van der Waals surface area contributed by atoms with Crippen molar-refractivity contribution in [3.63, 3.8) is 0 Å². The first kappa shape index (κ1) is 25.2. The van der Waals surface area contributed by atoms with Gasteiger partial charge in [0.1, 0.15) is 11.8 Å². The number of H-pyrrole nitrogens is 1. The number of tetrazole rings is 1. The first-order chi connectivity index (χ1) is 19.0. The Kier molecular flexibility index (Phi) is 7.08. The summed E-state index contributed by atoms with van der Waals surface area (Å²) in [6, 6.07) is 19.7. The van der Waals surface area contributed by atoms with Gasteiger partial charge in [-0.05, 0) is 77.9 Å². The highest BCUT2D eigenvalue weighted by Gasteiger charge is 2.32. The summed E-state index contributed by atoms with van der Waals surface area (Å²) >= 11 is 0. The van der Waals surface area contributed by atoms with Crippen molar-refractivity contribution >= 4 is 10.9 Å². The molecule has 9 nitrogen and oxygen atoms in total. The fourth-order valence-electron chi connectivity index (χ4n) is 5.58. The molecule has 200 valence electrons. The lowest BCUT2D eigenvalue weighted by Gasteiger charge is -2.30. The number of furan rings is 1. The molecule has 0 bridgehead atoms. The molecule has 0 radical (unpaired) electrons. The van der Waals surface area contributed by atoms with Gasteiger partial charge in [0.2, 0.25) is 0 Å². The van der Waals surface area contributed by atoms with E-state index in [4.69, 9.17) is 9.15 Å². The summed E-state index contributed by atoms with van der Waals surface area (Å²) < 4.78 is 13.5. The van der Waals surface area contributed by atoms with Crippen LogP contribution in [0.4, 0.5) is 0 Å². The molecule has 1 fully saturated rings. The van der Waals surface area contributed by atoms with E-state index in [9.17, 15) is 4.79 Å². The minimum atomic E-state index is -0.541. The maximum Gasteiger partial charge on any atom is 0.253 e. The number of hydrogen-bond donors (Lipinski definition) is 1. The minimum absolute atomic E-state index is 0.0423. The molecule has 5 aromatic rings. The van der Waals surface area contributed by atoms with E-state index in [0.29, 0.717) is 31.0 Å². The molecule has 3 aromatic heterocycles. The van der Waals surface area contributed by atoms with E-state index in [0.717, 1.165) is 52.8 Å². The Balaban J connectivity index is 1.52. The number of hydrogen-bond acceptors (Lipinski definition) is 7. The second kappa shape index (κ2) is 11.0. The van der Waals surface area contributed by atoms with Gasteiger partial charge in [-0.15, -0.1) is 5.10 Å². The lowest BCUT2D eigenvalue weighted by Crippen LogP contribution is -2.35. The first-order valence-electron chi connectivity index (χ1n) is 13.4. The van der Waals surface area contributed by atoms with Crippen LogP contribution in [0.15, 0.2) is 76.1 Å². The van der Waals surface area contributed by atoms with Gasteiger partial charge in [-0.1, -0.05) is 42.0 Å². The van der Waals surface area contributed by atoms with E-state index in [1.54, 1.807) is 10.9 Å². The molecule has 0 aliphatic carbocycles. The summed E-state index contributed by atoms with van der Waals surface area (Å²) in [5, 5.41) is 13.9. The van der Waals surface area contributed by atoms with E-state index in [1.807, 2.05) is 43.3 Å². The maximum absolute atomic E-state index is 13.8. The van der Waals surface area contributed by atoms with E-state index in [1.165, 1.54) is 0 Å². The predicted molar refractivity (Wildman–Crippen MR) is 147 cm³/mol. The number of benzene rings is 2. The number of fused-ring (bicyclic) bond motifs is 1. The summed E-state index contributed by atoms with van der Waals surface area (Å²) in [5.41, 5.74) is 4.53. The fraction of sp³-hybridized carbons (Fsp3) is 0.333. The molecule has 1 aliphatic heterocycles. The molecule has 2 atom stereocenters. The third kappa shape index (κ3) is 5.41. The normalized spacial score (nSPS) is 16.3. The van der Waals surface area contributed by atoms with Crippen LogP contribution in [-0.2, 0) is 24.4 Å². The number of pyridine rings is 1. The number of nitrogens with zero attached hydrogens (tertiary/aromatic N) is 5. The highest BCUT2D eigenvalue weighted by molar-refractivity contribution is 5.83. The van der Waals surface area contributed by atoms with Gasteiger partial charge in [0.15, 0.2) is 5.82 Å². The van der Waals surface area contributed by atoms with Gasteiger partial charge < -0.3 is 14.1 Å². The molecule has 0 spiro atoms. The number of nitrogens with one attached hydrogen (secondary N) is 1. The Morgan fingerprint density at radius 2 is 1.97 bits per heavy atom. The van der Waals surface area contributed by atoms with Crippen molar-refractivity contribution in [2.24, 2.45) is 0 Å². The molecule has 6 rings (SSSR count). The molecule has 1 aliphatic rings.